The predicted octanol–water partition coefficient (Wildman–Crippen LogP) is 3.00. The molecule has 3 nitrogen and oxygen atoms in total. The molecule has 0 amide bonds. The molecule has 0 saturated heterocycles. The first kappa shape index (κ1) is 10.9. The lowest BCUT2D eigenvalue weighted by atomic mass is 10.1. The van der Waals surface area contributed by atoms with Crippen molar-refractivity contribution in [2.45, 2.75) is 13.8 Å². The van der Waals surface area contributed by atoms with E-state index in [0.29, 0.717) is 16.7 Å². The molecule has 0 aliphatic rings. The number of hydrogen-bond acceptors (Lipinski definition) is 3. The zero-order valence-corrected chi connectivity index (χ0v) is 9.92. The lowest BCUT2D eigenvalue weighted by Gasteiger charge is -2.07. The largest absolute Gasteiger partial charge is 0.384 e. The molecule has 4 heteroatoms. The number of benzene rings is 1. The van der Waals surface area contributed by atoms with E-state index in [1.54, 1.807) is 12.3 Å². The third-order valence-corrected chi connectivity index (χ3v) is 2.81. The van der Waals surface area contributed by atoms with Crippen molar-refractivity contribution in [3.63, 3.8) is 0 Å². The molecule has 16 heavy (non-hydrogen) atoms. The van der Waals surface area contributed by atoms with Crippen LogP contribution in [-0.4, -0.2) is 9.97 Å². The fourth-order valence-electron chi connectivity index (χ4n) is 1.45. The molecule has 2 N–H and O–H groups in total. The lowest BCUT2D eigenvalue weighted by Crippen LogP contribution is -1.96. The van der Waals surface area contributed by atoms with Gasteiger partial charge in [-0.1, -0.05) is 11.6 Å². The van der Waals surface area contributed by atoms with E-state index < -0.39 is 0 Å². The predicted molar refractivity (Wildman–Crippen MR) is 66.4 cm³/mol. The molecule has 0 radical (unpaired) electrons. The minimum atomic E-state index is 0.444. The highest BCUT2D eigenvalue weighted by Crippen LogP contribution is 2.28. The van der Waals surface area contributed by atoms with Crippen molar-refractivity contribution < 1.29 is 0 Å². The van der Waals surface area contributed by atoms with Crippen LogP contribution >= 0.6 is 11.6 Å². The number of hydrogen-bond donors (Lipinski definition) is 1. The zero-order chi connectivity index (χ0) is 11.7. The van der Waals surface area contributed by atoms with Gasteiger partial charge in [-0.05, 0) is 43.2 Å². The fraction of sp³-hybridized carbons (Fsp3) is 0.167. The number of nitrogens with two attached hydrogens (primary N) is 1. The molecule has 82 valence electrons. The van der Waals surface area contributed by atoms with Crippen molar-refractivity contribution in [1.29, 1.82) is 0 Å². The first-order valence-electron chi connectivity index (χ1n) is 4.93. The van der Waals surface area contributed by atoms with E-state index in [0.717, 1.165) is 16.7 Å². The number of nitrogen functional groups attached to an aromatic ring is 1. The van der Waals surface area contributed by atoms with Crippen LogP contribution in [0.1, 0.15) is 11.1 Å². The van der Waals surface area contributed by atoms with E-state index in [-0.39, 0.29) is 0 Å². The van der Waals surface area contributed by atoms with Gasteiger partial charge in [-0.15, -0.1) is 0 Å². The minimum Gasteiger partial charge on any atom is -0.384 e. The van der Waals surface area contributed by atoms with Gasteiger partial charge in [0.1, 0.15) is 5.82 Å². The molecule has 0 spiro atoms. The average molecular weight is 234 g/mol. The summed E-state index contributed by atoms with van der Waals surface area (Å²) < 4.78 is 0. The summed E-state index contributed by atoms with van der Waals surface area (Å²) in [5.41, 5.74) is 8.74. The van der Waals surface area contributed by atoms with Gasteiger partial charge in [-0.2, -0.15) is 0 Å². The highest BCUT2D eigenvalue weighted by molar-refractivity contribution is 6.33. The molecule has 1 aromatic carbocycles. The fourth-order valence-corrected chi connectivity index (χ4v) is 1.76. The van der Waals surface area contributed by atoms with Gasteiger partial charge in [-0.3, -0.25) is 0 Å². The van der Waals surface area contributed by atoms with Crippen LogP contribution in [0.25, 0.3) is 11.4 Å². The topological polar surface area (TPSA) is 51.8 Å². The Kier molecular flexibility index (Phi) is 2.79. The number of halogens is 1. The molecule has 0 bridgehead atoms. The van der Waals surface area contributed by atoms with E-state index >= 15 is 0 Å². The van der Waals surface area contributed by atoms with Crippen LogP contribution in [0.3, 0.4) is 0 Å². The van der Waals surface area contributed by atoms with Crippen LogP contribution in [-0.2, 0) is 0 Å². The quantitative estimate of drug-likeness (QED) is 0.824. The summed E-state index contributed by atoms with van der Waals surface area (Å²) in [6.07, 6.45) is 1.63. The Morgan fingerprint density at radius 2 is 1.88 bits per heavy atom. The molecular formula is C12H12ClN3. The maximum absolute atomic E-state index is 6.17. The molecule has 0 aliphatic carbocycles. The maximum Gasteiger partial charge on any atom is 0.162 e. The van der Waals surface area contributed by atoms with Crippen LogP contribution in [0.15, 0.2) is 24.4 Å². The first-order valence-corrected chi connectivity index (χ1v) is 5.31. The van der Waals surface area contributed by atoms with Gasteiger partial charge in [0, 0.05) is 11.8 Å². The molecule has 0 aliphatic heterocycles. The SMILES string of the molecule is Cc1cc(Cl)c(-c2nccc(N)n2)cc1C. The summed E-state index contributed by atoms with van der Waals surface area (Å²) in [4.78, 5) is 8.32. The Morgan fingerprint density at radius 3 is 2.56 bits per heavy atom. The Morgan fingerprint density at radius 1 is 1.19 bits per heavy atom. The number of aryl methyl sites for hydroxylation is 2. The van der Waals surface area contributed by atoms with Crippen molar-refractivity contribution in [3.8, 4) is 11.4 Å². The Bertz CT molecular complexity index is 538. The second-order valence-corrected chi connectivity index (χ2v) is 4.13. The summed E-state index contributed by atoms with van der Waals surface area (Å²) in [5, 5.41) is 0.647. The van der Waals surface area contributed by atoms with Gasteiger partial charge in [0.25, 0.3) is 0 Å². The van der Waals surface area contributed by atoms with Crippen molar-refractivity contribution in [3.05, 3.63) is 40.5 Å². The molecule has 2 aromatic rings. The molecule has 1 heterocycles. The molecule has 0 atom stereocenters. The Labute approximate surface area is 99.3 Å². The number of anilines is 1. The Balaban J connectivity index is 2.60. The third kappa shape index (κ3) is 1.99. The monoisotopic (exact) mass is 233 g/mol. The summed E-state index contributed by atoms with van der Waals surface area (Å²) in [5.74, 6) is 1.01. The summed E-state index contributed by atoms with van der Waals surface area (Å²) >= 11 is 6.17. The van der Waals surface area contributed by atoms with Crippen molar-refractivity contribution in [2.24, 2.45) is 0 Å². The second-order valence-electron chi connectivity index (χ2n) is 3.72. The van der Waals surface area contributed by atoms with E-state index in [9.17, 15) is 0 Å². The number of nitrogens with zero attached hydrogens (tertiary/aromatic N) is 2. The molecule has 0 fully saturated rings. The van der Waals surface area contributed by atoms with Crippen LogP contribution < -0.4 is 5.73 Å². The average Bonchev–Trinajstić information content (AvgIpc) is 2.23. The molecule has 0 saturated carbocycles. The maximum atomic E-state index is 6.17. The summed E-state index contributed by atoms with van der Waals surface area (Å²) in [6, 6.07) is 5.55. The van der Waals surface area contributed by atoms with E-state index in [2.05, 4.69) is 9.97 Å². The molecular weight excluding hydrogens is 222 g/mol. The van der Waals surface area contributed by atoms with Gasteiger partial charge >= 0.3 is 0 Å². The number of aromatic nitrogens is 2. The van der Waals surface area contributed by atoms with E-state index in [1.165, 1.54) is 0 Å². The third-order valence-electron chi connectivity index (χ3n) is 2.50. The highest BCUT2D eigenvalue weighted by atomic mass is 35.5. The normalized spacial score (nSPS) is 10.4. The van der Waals surface area contributed by atoms with E-state index in [4.69, 9.17) is 17.3 Å². The van der Waals surface area contributed by atoms with Gasteiger partial charge in [0.2, 0.25) is 0 Å². The molecule has 1 aromatic heterocycles. The van der Waals surface area contributed by atoms with E-state index in [1.807, 2.05) is 26.0 Å². The van der Waals surface area contributed by atoms with Gasteiger partial charge in [0.15, 0.2) is 5.82 Å². The molecule has 0 unspecified atom stereocenters. The second kappa shape index (κ2) is 4.10. The summed E-state index contributed by atoms with van der Waals surface area (Å²) in [6.45, 7) is 4.05. The lowest BCUT2D eigenvalue weighted by molar-refractivity contribution is 1.18. The van der Waals surface area contributed by atoms with Crippen molar-refractivity contribution in [2.75, 3.05) is 5.73 Å². The number of rotatable bonds is 1. The van der Waals surface area contributed by atoms with Gasteiger partial charge in [-0.25, -0.2) is 9.97 Å². The minimum absolute atomic E-state index is 0.444. The standard InChI is InChI=1S/C12H12ClN3/c1-7-5-9(10(13)6-8(7)2)12-15-4-3-11(14)16-12/h3-6H,1-2H3,(H2,14,15,16). The van der Waals surface area contributed by atoms with Crippen LogP contribution in [0, 0.1) is 13.8 Å². The molecule has 2 rings (SSSR count). The zero-order valence-electron chi connectivity index (χ0n) is 9.16. The van der Waals surface area contributed by atoms with Gasteiger partial charge in [0.05, 0.1) is 5.02 Å². The van der Waals surface area contributed by atoms with Gasteiger partial charge < -0.3 is 5.73 Å². The first-order chi connectivity index (χ1) is 7.58. The summed E-state index contributed by atoms with van der Waals surface area (Å²) in [7, 11) is 0. The smallest absolute Gasteiger partial charge is 0.162 e. The van der Waals surface area contributed by atoms with Crippen molar-refractivity contribution >= 4 is 17.4 Å². The van der Waals surface area contributed by atoms with Crippen LogP contribution in [0.5, 0.6) is 0 Å². The Hall–Kier alpha value is -1.61. The van der Waals surface area contributed by atoms with Crippen LogP contribution in [0.4, 0.5) is 5.82 Å². The van der Waals surface area contributed by atoms with Crippen molar-refractivity contribution in [1.82, 2.24) is 9.97 Å². The van der Waals surface area contributed by atoms with Crippen LogP contribution in [0.2, 0.25) is 5.02 Å². The highest BCUT2D eigenvalue weighted by Gasteiger charge is 2.08.